The molecule has 0 aliphatic carbocycles. The van der Waals surface area contributed by atoms with E-state index in [1.165, 1.54) is 5.56 Å². The van der Waals surface area contributed by atoms with E-state index >= 15 is 0 Å². The highest BCUT2D eigenvalue weighted by atomic mass is 16.5. The lowest BCUT2D eigenvalue weighted by atomic mass is 10.1. The first-order chi connectivity index (χ1) is 6.24. The van der Waals surface area contributed by atoms with Crippen molar-refractivity contribution in [1.29, 1.82) is 0 Å². The summed E-state index contributed by atoms with van der Waals surface area (Å²) in [6.07, 6.45) is 1.99. The molecule has 0 aromatic heterocycles. The minimum Gasteiger partial charge on any atom is -0.496 e. The molecule has 0 saturated carbocycles. The lowest BCUT2D eigenvalue weighted by Gasteiger charge is -2.09. The molecule has 13 heavy (non-hydrogen) atoms. The maximum Gasteiger partial charge on any atom is 0.122 e. The van der Waals surface area contributed by atoms with Gasteiger partial charge in [-0.2, -0.15) is 0 Å². The number of hydrogen-bond donors (Lipinski definition) is 1. The summed E-state index contributed by atoms with van der Waals surface area (Å²) in [5.74, 6) is 0.961. The summed E-state index contributed by atoms with van der Waals surface area (Å²) < 4.78 is 5.24. The summed E-state index contributed by atoms with van der Waals surface area (Å²) >= 11 is 0. The number of para-hydroxylation sites is 1. The highest BCUT2D eigenvalue weighted by molar-refractivity contribution is 5.33. The van der Waals surface area contributed by atoms with Crippen LogP contribution in [-0.2, 0) is 6.42 Å². The van der Waals surface area contributed by atoms with Gasteiger partial charge in [-0.05, 0) is 31.4 Å². The lowest BCUT2D eigenvalue weighted by molar-refractivity contribution is 0.408. The third kappa shape index (κ3) is 3.07. The lowest BCUT2D eigenvalue weighted by Crippen LogP contribution is -2.15. The Morgan fingerprint density at radius 1 is 1.38 bits per heavy atom. The number of methoxy groups -OCH3 is 1. The van der Waals surface area contributed by atoms with Gasteiger partial charge in [-0.25, -0.2) is 0 Å². The van der Waals surface area contributed by atoms with E-state index in [0.717, 1.165) is 18.6 Å². The highest BCUT2D eigenvalue weighted by Gasteiger charge is 2.02. The molecule has 0 fully saturated rings. The Balaban J connectivity index is 2.64. The predicted octanol–water partition coefficient (Wildman–Crippen LogP) is 1.98. The van der Waals surface area contributed by atoms with Crippen molar-refractivity contribution in [3.05, 3.63) is 29.8 Å². The zero-order valence-electron chi connectivity index (χ0n) is 8.29. The van der Waals surface area contributed by atoms with Crippen LogP contribution in [0, 0.1) is 0 Å². The molecule has 0 amide bonds. The topological polar surface area (TPSA) is 35.2 Å². The van der Waals surface area contributed by atoms with Crippen molar-refractivity contribution in [3.8, 4) is 5.75 Å². The standard InChI is InChI=1S/C11H17NO/c1-9(12)7-8-10-5-3-4-6-11(10)13-2/h3-6,9H,7-8,12H2,1-2H3. The van der Waals surface area contributed by atoms with Gasteiger partial charge in [0.2, 0.25) is 0 Å². The molecular formula is C11H17NO. The number of benzene rings is 1. The second-order valence-electron chi connectivity index (χ2n) is 3.33. The number of hydrogen-bond acceptors (Lipinski definition) is 2. The molecule has 1 aromatic rings. The molecule has 1 atom stereocenters. The first-order valence-corrected chi connectivity index (χ1v) is 4.61. The molecule has 2 heteroatoms. The zero-order chi connectivity index (χ0) is 9.68. The third-order valence-corrected chi connectivity index (χ3v) is 2.06. The van der Waals surface area contributed by atoms with Crippen LogP contribution in [0.3, 0.4) is 0 Å². The van der Waals surface area contributed by atoms with Crippen LogP contribution in [0.25, 0.3) is 0 Å². The Bertz CT molecular complexity index is 258. The first-order valence-electron chi connectivity index (χ1n) is 4.61. The monoisotopic (exact) mass is 179 g/mol. The van der Waals surface area contributed by atoms with E-state index in [2.05, 4.69) is 6.07 Å². The molecule has 72 valence electrons. The van der Waals surface area contributed by atoms with Crippen LogP contribution >= 0.6 is 0 Å². The molecule has 0 bridgehead atoms. The minimum absolute atomic E-state index is 0.255. The molecule has 0 spiro atoms. The Hall–Kier alpha value is -1.02. The number of nitrogens with two attached hydrogens (primary N) is 1. The van der Waals surface area contributed by atoms with Gasteiger partial charge in [-0.15, -0.1) is 0 Å². The Morgan fingerprint density at radius 3 is 2.69 bits per heavy atom. The SMILES string of the molecule is COc1ccccc1CCC(C)N. The van der Waals surface area contributed by atoms with Crippen molar-refractivity contribution in [2.24, 2.45) is 5.73 Å². The predicted molar refractivity (Wildman–Crippen MR) is 55.0 cm³/mol. The Morgan fingerprint density at radius 2 is 2.08 bits per heavy atom. The maximum atomic E-state index is 5.69. The van der Waals surface area contributed by atoms with Crippen LogP contribution in [0.15, 0.2) is 24.3 Å². The number of rotatable bonds is 4. The van der Waals surface area contributed by atoms with Crippen LogP contribution in [0.4, 0.5) is 0 Å². The van der Waals surface area contributed by atoms with Crippen molar-refractivity contribution < 1.29 is 4.74 Å². The smallest absolute Gasteiger partial charge is 0.122 e. The molecule has 0 aliphatic heterocycles. The third-order valence-electron chi connectivity index (χ3n) is 2.06. The molecule has 0 saturated heterocycles. The van der Waals surface area contributed by atoms with Crippen LogP contribution < -0.4 is 10.5 Å². The van der Waals surface area contributed by atoms with Gasteiger partial charge in [0.1, 0.15) is 5.75 Å². The van der Waals surface area contributed by atoms with E-state index in [1.54, 1.807) is 7.11 Å². The second kappa shape index (κ2) is 4.87. The van der Waals surface area contributed by atoms with Gasteiger partial charge in [0.25, 0.3) is 0 Å². The fourth-order valence-corrected chi connectivity index (χ4v) is 1.29. The van der Waals surface area contributed by atoms with E-state index < -0.39 is 0 Å². The van der Waals surface area contributed by atoms with E-state index in [9.17, 15) is 0 Å². The van der Waals surface area contributed by atoms with Crippen molar-refractivity contribution in [2.75, 3.05) is 7.11 Å². The average molecular weight is 179 g/mol. The van der Waals surface area contributed by atoms with Crippen molar-refractivity contribution >= 4 is 0 Å². The van der Waals surface area contributed by atoms with Crippen molar-refractivity contribution in [3.63, 3.8) is 0 Å². The molecule has 2 N–H and O–H groups in total. The second-order valence-corrected chi connectivity index (χ2v) is 3.33. The summed E-state index contributed by atoms with van der Waals surface area (Å²) in [7, 11) is 1.70. The summed E-state index contributed by atoms with van der Waals surface area (Å²) in [5.41, 5.74) is 6.93. The van der Waals surface area contributed by atoms with Crippen molar-refractivity contribution in [2.45, 2.75) is 25.8 Å². The van der Waals surface area contributed by atoms with Gasteiger partial charge in [0, 0.05) is 6.04 Å². The van der Waals surface area contributed by atoms with E-state index in [0.29, 0.717) is 0 Å². The fourth-order valence-electron chi connectivity index (χ4n) is 1.29. The highest BCUT2D eigenvalue weighted by Crippen LogP contribution is 2.18. The van der Waals surface area contributed by atoms with Gasteiger partial charge in [-0.1, -0.05) is 18.2 Å². The van der Waals surface area contributed by atoms with Gasteiger partial charge in [0.05, 0.1) is 7.11 Å². The number of ether oxygens (including phenoxy) is 1. The number of aryl methyl sites for hydroxylation is 1. The molecule has 2 nitrogen and oxygen atoms in total. The van der Waals surface area contributed by atoms with Crippen molar-refractivity contribution in [1.82, 2.24) is 0 Å². The maximum absolute atomic E-state index is 5.69. The molecular weight excluding hydrogens is 162 g/mol. The van der Waals surface area contributed by atoms with E-state index in [4.69, 9.17) is 10.5 Å². The minimum atomic E-state index is 0.255. The molecule has 0 radical (unpaired) electrons. The van der Waals surface area contributed by atoms with Crippen LogP contribution in [-0.4, -0.2) is 13.2 Å². The summed E-state index contributed by atoms with van der Waals surface area (Å²) in [5, 5.41) is 0. The van der Waals surface area contributed by atoms with E-state index in [1.807, 2.05) is 25.1 Å². The Labute approximate surface area is 79.7 Å². The largest absolute Gasteiger partial charge is 0.496 e. The van der Waals surface area contributed by atoms with Crippen LogP contribution in [0.2, 0.25) is 0 Å². The molecule has 1 unspecified atom stereocenters. The first kappa shape index (κ1) is 10.1. The summed E-state index contributed by atoms with van der Waals surface area (Å²) in [6, 6.07) is 8.33. The molecule has 1 aromatic carbocycles. The average Bonchev–Trinajstić information content (AvgIpc) is 2.15. The van der Waals surface area contributed by atoms with Gasteiger partial charge >= 0.3 is 0 Å². The fraction of sp³-hybridized carbons (Fsp3) is 0.455. The molecule has 0 aliphatic rings. The zero-order valence-corrected chi connectivity index (χ0v) is 8.29. The van der Waals surface area contributed by atoms with Gasteiger partial charge in [0.15, 0.2) is 0 Å². The molecule has 1 rings (SSSR count). The Kier molecular flexibility index (Phi) is 3.77. The van der Waals surface area contributed by atoms with E-state index in [-0.39, 0.29) is 6.04 Å². The molecule has 0 heterocycles. The normalized spacial score (nSPS) is 12.5. The van der Waals surface area contributed by atoms with Crippen LogP contribution in [0.1, 0.15) is 18.9 Å². The van der Waals surface area contributed by atoms with Crippen LogP contribution in [0.5, 0.6) is 5.75 Å². The summed E-state index contributed by atoms with van der Waals surface area (Å²) in [4.78, 5) is 0. The van der Waals surface area contributed by atoms with Gasteiger partial charge in [-0.3, -0.25) is 0 Å². The van der Waals surface area contributed by atoms with Gasteiger partial charge < -0.3 is 10.5 Å². The summed E-state index contributed by atoms with van der Waals surface area (Å²) in [6.45, 7) is 2.02. The quantitative estimate of drug-likeness (QED) is 0.767.